The molecule has 5 heteroatoms. The number of rotatable bonds is 2. The molecule has 108 valence electrons. The molecule has 4 nitrogen and oxygen atoms in total. The second-order valence-corrected chi connectivity index (χ2v) is 7.35. The molecule has 1 aromatic rings. The average Bonchev–Trinajstić information content (AvgIpc) is 2.48. The molecular weight excluding hydrogens is 276 g/mol. The number of esters is 1. The number of aryl methyl sites for hydroxylation is 1. The van der Waals surface area contributed by atoms with Crippen LogP contribution in [0.5, 0.6) is 0 Å². The Morgan fingerprint density at radius 2 is 1.85 bits per heavy atom. The lowest BCUT2D eigenvalue weighted by molar-refractivity contribution is -0.142. The first-order valence-corrected chi connectivity index (χ1v) is 8.01. The van der Waals surface area contributed by atoms with E-state index in [2.05, 4.69) is 6.58 Å². The van der Waals surface area contributed by atoms with Crippen LogP contribution in [0.1, 0.15) is 18.9 Å². The van der Waals surface area contributed by atoms with Crippen molar-refractivity contribution in [2.24, 2.45) is 5.92 Å². The van der Waals surface area contributed by atoms with Crippen molar-refractivity contribution < 1.29 is 17.9 Å². The van der Waals surface area contributed by atoms with Crippen LogP contribution in [0.4, 0.5) is 0 Å². The minimum atomic E-state index is -3.56. The predicted molar refractivity (Wildman–Crippen MR) is 76.0 cm³/mol. The molecule has 1 saturated heterocycles. The van der Waals surface area contributed by atoms with Crippen LogP contribution < -0.4 is 0 Å². The molecule has 20 heavy (non-hydrogen) atoms. The van der Waals surface area contributed by atoms with Crippen molar-refractivity contribution >= 4 is 15.8 Å². The summed E-state index contributed by atoms with van der Waals surface area (Å²) < 4.78 is 30.5. The van der Waals surface area contributed by atoms with Gasteiger partial charge in [0.15, 0.2) is 9.84 Å². The van der Waals surface area contributed by atoms with Gasteiger partial charge < -0.3 is 4.74 Å². The van der Waals surface area contributed by atoms with Crippen LogP contribution >= 0.6 is 0 Å². The number of sulfone groups is 1. The van der Waals surface area contributed by atoms with Crippen molar-refractivity contribution in [2.75, 3.05) is 6.61 Å². The average molecular weight is 294 g/mol. The molecule has 0 amide bonds. The number of carbonyl (C=O) groups is 1. The van der Waals surface area contributed by atoms with Gasteiger partial charge in [-0.05, 0) is 30.5 Å². The summed E-state index contributed by atoms with van der Waals surface area (Å²) in [6, 6.07) is 6.72. The second kappa shape index (κ2) is 5.40. The first kappa shape index (κ1) is 14.8. The standard InChI is InChI=1S/C15H18O4S/c1-10-4-6-13(7-5-10)20(17,18)15-11(2)8-14(16)19-9-12(15)3/h4-7,11,15H,3,8-9H2,1-2H3/t11-,15+/m0/s1. The quantitative estimate of drug-likeness (QED) is 0.620. The van der Waals surface area contributed by atoms with Crippen molar-refractivity contribution in [3.63, 3.8) is 0 Å². The van der Waals surface area contributed by atoms with Gasteiger partial charge in [0, 0.05) is 6.42 Å². The summed E-state index contributed by atoms with van der Waals surface area (Å²) in [6.07, 6.45) is 0.0920. The molecule has 0 aliphatic carbocycles. The molecule has 0 spiro atoms. The zero-order valence-electron chi connectivity index (χ0n) is 11.6. The van der Waals surface area contributed by atoms with Crippen molar-refractivity contribution in [1.82, 2.24) is 0 Å². The molecule has 2 rings (SSSR count). The third-order valence-corrected chi connectivity index (χ3v) is 5.91. The number of hydrogen-bond acceptors (Lipinski definition) is 4. The second-order valence-electron chi connectivity index (χ2n) is 5.28. The number of benzene rings is 1. The highest BCUT2D eigenvalue weighted by molar-refractivity contribution is 7.92. The van der Waals surface area contributed by atoms with Gasteiger partial charge in [0.05, 0.1) is 10.1 Å². The minimum absolute atomic E-state index is 0.0288. The molecule has 0 N–H and O–H groups in total. The van der Waals surface area contributed by atoms with Crippen LogP contribution in [0.25, 0.3) is 0 Å². The van der Waals surface area contributed by atoms with E-state index in [1.807, 2.05) is 6.92 Å². The number of ether oxygens (including phenoxy) is 1. The van der Waals surface area contributed by atoms with E-state index in [1.54, 1.807) is 31.2 Å². The number of hydrogen-bond donors (Lipinski definition) is 0. The van der Waals surface area contributed by atoms with E-state index in [9.17, 15) is 13.2 Å². The summed E-state index contributed by atoms with van der Waals surface area (Å²) in [5, 5.41) is -0.781. The molecule has 0 aromatic heterocycles. The lowest BCUT2D eigenvalue weighted by Gasteiger charge is -2.22. The van der Waals surface area contributed by atoms with E-state index in [1.165, 1.54) is 0 Å². The Morgan fingerprint density at radius 1 is 1.25 bits per heavy atom. The summed E-state index contributed by atoms with van der Waals surface area (Å²) in [4.78, 5) is 11.7. The fourth-order valence-electron chi connectivity index (χ4n) is 2.49. The highest BCUT2D eigenvalue weighted by Crippen LogP contribution is 2.31. The molecule has 1 aliphatic heterocycles. The van der Waals surface area contributed by atoms with E-state index in [0.717, 1.165) is 5.56 Å². The third kappa shape index (κ3) is 2.77. The summed E-state index contributed by atoms with van der Waals surface area (Å²) >= 11 is 0. The molecule has 0 unspecified atom stereocenters. The van der Waals surface area contributed by atoms with Crippen LogP contribution in [0, 0.1) is 12.8 Å². The molecule has 0 bridgehead atoms. The van der Waals surface area contributed by atoms with Gasteiger partial charge in [-0.25, -0.2) is 8.42 Å². The maximum Gasteiger partial charge on any atom is 0.306 e. The number of carbonyl (C=O) groups excluding carboxylic acids is 1. The van der Waals surface area contributed by atoms with E-state index in [-0.39, 0.29) is 29.8 Å². The lowest BCUT2D eigenvalue weighted by atomic mass is 10.00. The monoisotopic (exact) mass is 294 g/mol. The Labute approximate surface area is 119 Å². The fourth-order valence-corrected chi connectivity index (χ4v) is 4.51. The first-order chi connectivity index (χ1) is 9.32. The van der Waals surface area contributed by atoms with E-state index in [4.69, 9.17) is 4.74 Å². The zero-order valence-corrected chi connectivity index (χ0v) is 12.4. The molecule has 1 heterocycles. The maximum atomic E-state index is 12.8. The Bertz CT molecular complexity index is 628. The SMILES string of the molecule is C=C1COC(=O)C[C@H](C)[C@H]1S(=O)(=O)c1ccc(C)cc1. The smallest absolute Gasteiger partial charge is 0.306 e. The van der Waals surface area contributed by atoms with Gasteiger partial charge in [-0.2, -0.15) is 0 Å². The van der Waals surface area contributed by atoms with Crippen molar-refractivity contribution in [3.05, 3.63) is 42.0 Å². The highest BCUT2D eigenvalue weighted by Gasteiger charge is 2.38. The van der Waals surface area contributed by atoms with Crippen molar-refractivity contribution in [2.45, 2.75) is 30.4 Å². The van der Waals surface area contributed by atoms with E-state index in [0.29, 0.717) is 5.57 Å². The highest BCUT2D eigenvalue weighted by atomic mass is 32.2. The van der Waals surface area contributed by atoms with Gasteiger partial charge >= 0.3 is 5.97 Å². The molecule has 2 atom stereocenters. The molecule has 0 saturated carbocycles. The van der Waals surface area contributed by atoms with Crippen LogP contribution in [-0.4, -0.2) is 26.2 Å². The minimum Gasteiger partial charge on any atom is -0.461 e. The topological polar surface area (TPSA) is 60.4 Å². The Hall–Kier alpha value is -1.62. The van der Waals surface area contributed by atoms with Gasteiger partial charge in [0.2, 0.25) is 0 Å². The first-order valence-electron chi connectivity index (χ1n) is 6.46. The van der Waals surface area contributed by atoms with Gasteiger partial charge in [-0.3, -0.25) is 4.79 Å². The van der Waals surface area contributed by atoms with Crippen molar-refractivity contribution in [1.29, 1.82) is 0 Å². The lowest BCUT2D eigenvalue weighted by Crippen LogP contribution is -2.30. The van der Waals surface area contributed by atoms with E-state index < -0.39 is 15.1 Å². The van der Waals surface area contributed by atoms with Crippen LogP contribution in [0.2, 0.25) is 0 Å². The summed E-state index contributed by atoms with van der Waals surface area (Å²) in [5.74, 6) is -0.718. The molecule has 1 aromatic carbocycles. The number of cyclic esters (lactones) is 1. The van der Waals surface area contributed by atoms with Gasteiger partial charge in [0.1, 0.15) is 6.61 Å². The maximum absolute atomic E-state index is 12.8. The molecule has 0 radical (unpaired) electrons. The van der Waals surface area contributed by atoms with Crippen molar-refractivity contribution in [3.8, 4) is 0 Å². The van der Waals surface area contributed by atoms with Crippen LogP contribution in [-0.2, 0) is 19.4 Å². The molecule has 1 fully saturated rings. The van der Waals surface area contributed by atoms with Crippen LogP contribution in [0.15, 0.2) is 41.3 Å². The van der Waals surface area contributed by atoms with Gasteiger partial charge in [-0.15, -0.1) is 0 Å². The normalized spacial score (nSPS) is 24.1. The zero-order chi connectivity index (χ0) is 14.9. The third-order valence-electron chi connectivity index (χ3n) is 3.51. The largest absolute Gasteiger partial charge is 0.461 e. The fraction of sp³-hybridized carbons (Fsp3) is 0.400. The van der Waals surface area contributed by atoms with Gasteiger partial charge in [0.25, 0.3) is 0 Å². The Morgan fingerprint density at radius 3 is 2.45 bits per heavy atom. The predicted octanol–water partition coefficient (Wildman–Crippen LogP) is 2.28. The molecule has 1 aliphatic rings. The summed E-state index contributed by atoms with van der Waals surface area (Å²) in [7, 11) is -3.56. The molecular formula is C15H18O4S. The van der Waals surface area contributed by atoms with E-state index >= 15 is 0 Å². The summed E-state index contributed by atoms with van der Waals surface area (Å²) in [5.41, 5.74) is 1.43. The Balaban J connectivity index is 2.43. The van der Waals surface area contributed by atoms with Gasteiger partial charge in [-0.1, -0.05) is 31.2 Å². The summed E-state index contributed by atoms with van der Waals surface area (Å²) in [6.45, 7) is 7.41. The Kier molecular flexibility index (Phi) is 3.99. The van der Waals surface area contributed by atoms with Crippen LogP contribution in [0.3, 0.4) is 0 Å².